The zero-order valence-electron chi connectivity index (χ0n) is 21.8. The molecule has 0 N–H and O–H groups in total. The number of hydrogen-bond acceptors (Lipinski definition) is 6. The number of esters is 1. The Morgan fingerprint density at radius 2 is 1.89 bits per heavy atom. The van der Waals surface area contributed by atoms with E-state index < -0.39 is 23.2 Å². The second kappa shape index (κ2) is 10.5. The highest BCUT2D eigenvalue weighted by Crippen LogP contribution is 2.36. The van der Waals surface area contributed by atoms with Crippen LogP contribution in [0.15, 0.2) is 47.5 Å². The van der Waals surface area contributed by atoms with Gasteiger partial charge in [-0.15, -0.1) is 0 Å². The predicted molar refractivity (Wildman–Crippen MR) is 141 cm³/mol. The molecule has 3 aromatic rings. The van der Waals surface area contributed by atoms with Crippen LogP contribution in [0, 0.1) is 0 Å². The Balaban J connectivity index is 1.80. The van der Waals surface area contributed by atoms with Crippen molar-refractivity contribution in [1.29, 1.82) is 0 Å². The predicted octanol–water partition coefficient (Wildman–Crippen LogP) is 5.43. The second-order valence-electron chi connectivity index (χ2n) is 10.2. The zero-order valence-corrected chi connectivity index (χ0v) is 22.5. The number of benzene rings is 1. The number of aromatic nitrogens is 3. The summed E-state index contributed by atoms with van der Waals surface area (Å²) >= 11 is 6.25. The molecule has 1 fully saturated rings. The number of methoxy groups -OCH3 is 1. The molecule has 0 bridgehead atoms. The molecule has 1 unspecified atom stereocenters. The topological polar surface area (TPSA) is 92.4 Å². The van der Waals surface area contributed by atoms with Gasteiger partial charge in [-0.3, -0.25) is 18.8 Å². The third kappa shape index (κ3) is 6.13. The maximum absolute atomic E-state index is 13.5. The van der Waals surface area contributed by atoms with Crippen LogP contribution < -0.4 is 10.3 Å². The fraction of sp³-hybridized carbons (Fsp3) is 0.429. The number of ether oxygens (including phenoxy) is 2. The van der Waals surface area contributed by atoms with Crippen LogP contribution in [0.5, 0.6) is 5.75 Å². The molecule has 1 aromatic carbocycles. The van der Waals surface area contributed by atoms with Crippen molar-refractivity contribution in [3.05, 3.63) is 69.4 Å². The fourth-order valence-electron chi connectivity index (χ4n) is 4.21. The second-order valence-corrected chi connectivity index (χ2v) is 10.7. The van der Waals surface area contributed by atoms with Gasteiger partial charge in [0.05, 0.1) is 25.0 Å². The molecule has 2 heterocycles. The van der Waals surface area contributed by atoms with Gasteiger partial charge in [0, 0.05) is 41.3 Å². The molecule has 0 radical (unpaired) electrons. The summed E-state index contributed by atoms with van der Waals surface area (Å²) in [5.74, 6) is -0.310. The first kappa shape index (κ1) is 26.7. The van der Waals surface area contributed by atoms with E-state index >= 15 is 0 Å². The van der Waals surface area contributed by atoms with Gasteiger partial charge >= 0.3 is 5.97 Å². The molecule has 2 aromatic heterocycles. The van der Waals surface area contributed by atoms with Gasteiger partial charge in [0.25, 0.3) is 5.56 Å². The van der Waals surface area contributed by atoms with Gasteiger partial charge in [-0.2, -0.15) is 5.10 Å². The number of hydrogen-bond donors (Lipinski definition) is 0. The summed E-state index contributed by atoms with van der Waals surface area (Å²) in [7, 11) is 1.47. The van der Waals surface area contributed by atoms with Gasteiger partial charge in [0.2, 0.25) is 0 Å². The van der Waals surface area contributed by atoms with E-state index in [4.69, 9.17) is 21.1 Å². The molecule has 4 rings (SSSR count). The average molecular weight is 526 g/mol. The van der Waals surface area contributed by atoms with Gasteiger partial charge in [-0.25, -0.2) is 4.79 Å². The smallest absolute Gasteiger partial charge is 0.330 e. The van der Waals surface area contributed by atoms with Crippen LogP contribution in [0.3, 0.4) is 0 Å². The summed E-state index contributed by atoms with van der Waals surface area (Å²) in [4.78, 5) is 39.5. The Bertz CT molecular complexity index is 1380. The highest BCUT2D eigenvalue weighted by atomic mass is 35.5. The molecule has 1 aliphatic carbocycles. The summed E-state index contributed by atoms with van der Waals surface area (Å²) in [5.41, 5.74) is 0.858. The zero-order chi connectivity index (χ0) is 26.9. The van der Waals surface area contributed by atoms with Crippen LogP contribution in [0.1, 0.15) is 75.1 Å². The largest absolute Gasteiger partial charge is 0.495 e. The van der Waals surface area contributed by atoms with Crippen LogP contribution in [-0.2, 0) is 16.0 Å². The van der Waals surface area contributed by atoms with Crippen LogP contribution in [0.4, 0.5) is 0 Å². The minimum atomic E-state index is -0.965. The van der Waals surface area contributed by atoms with Gasteiger partial charge in [0.15, 0.2) is 5.78 Å². The van der Waals surface area contributed by atoms with E-state index in [0.717, 1.165) is 12.8 Å². The summed E-state index contributed by atoms with van der Waals surface area (Å²) in [6, 6.07) is 7.59. The molecular weight excluding hydrogens is 494 g/mol. The number of carbonyl (C=O) groups is 2. The first-order valence-corrected chi connectivity index (χ1v) is 12.8. The Labute approximate surface area is 221 Å². The summed E-state index contributed by atoms with van der Waals surface area (Å²) < 4.78 is 14.5. The Morgan fingerprint density at radius 3 is 2.51 bits per heavy atom. The summed E-state index contributed by atoms with van der Waals surface area (Å²) in [6.07, 6.45) is 6.03. The average Bonchev–Trinajstić information content (AvgIpc) is 3.59. The fourth-order valence-corrected chi connectivity index (χ4v) is 4.38. The molecule has 196 valence electrons. The standard InChI is InChI=1S/C28H32ClN3O5/c1-6-24(33)20-10-7-17(29)13-21(20)22-15-26(34)31(16-25(22)36-5)23(27(35)37-28(2,3)4)14-18-11-12-32(30-18)19-8-9-19/h7,10-13,15-16,19,23H,6,8-9,14H2,1-5H3. The summed E-state index contributed by atoms with van der Waals surface area (Å²) in [6.45, 7) is 7.11. The SMILES string of the molecule is CCC(=O)c1ccc(Cl)cc1-c1cc(=O)n(C(Cc2ccn(C3CC3)n2)C(=O)OC(C)(C)C)cc1OC. The number of nitrogens with zero attached hydrogens (tertiary/aromatic N) is 3. The lowest BCUT2D eigenvalue weighted by Crippen LogP contribution is -2.36. The van der Waals surface area contributed by atoms with Crippen molar-refractivity contribution >= 4 is 23.4 Å². The molecular formula is C28H32ClN3O5. The quantitative estimate of drug-likeness (QED) is 0.273. The van der Waals surface area contributed by atoms with E-state index in [2.05, 4.69) is 5.10 Å². The lowest BCUT2D eigenvalue weighted by Gasteiger charge is -2.25. The molecule has 1 saturated carbocycles. The van der Waals surface area contributed by atoms with Crippen molar-refractivity contribution in [3.63, 3.8) is 0 Å². The van der Waals surface area contributed by atoms with Gasteiger partial charge in [-0.1, -0.05) is 18.5 Å². The van der Waals surface area contributed by atoms with Crippen LogP contribution >= 0.6 is 11.6 Å². The van der Waals surface area contributed by atoms with Gasteiger partial charge in [-0.05, 0) is 63.4 Å². The van der Waals surface area contributed by atoms with Crippen LogP contribution in [-0.4, -0.2) is 38.8 Å². The van der Waals surface area contributed by atoms with Crippen molar-refractivity contribution in [3.8, 4) is 16.9 Å². The van der Waals surface area contributed by atoms with Crippen molar-refractivity contribution < 1.29 is 19.1 Å². The van der Waals surface area contributed by atoms with Crippen LogP contribution in [0.2, 0.25) is 5.02 Å². The molecule has 0 spiro atoms. The third-order valence-electron chi connectivity index (χ3n) is 6.16. The normalized spacial score (nSPS) is 14.3. The highest BCUT2D eigenvalue weighted by Gasteiger charge is 2.31. The molecule has 9 heteroatoms. The molecule has 1 atom stereocenters. The van der Waals surface area contributed by atoms with Gasteiger partial charge < -0.3 is 9.47 Å². The maximum Gasteiger partial charge on any atom is 0.330 e. The lowest BCUT2D eigenvalue weighted by molar-refractivity contribution is -0.159. The number of pyridine rings is 1. The Hall–Kier alpha value is -3.39. The van der Waals surface area contributed by atoms with E-state index in [-0.39, 0.29) is 12.2 Å². The number of halogens is 1. The number of Topliss-reactive ketones (excluding diaryl/α,β-unsaturated/α-hetero) is 1. The minimum Gasteiger partial charge on any atom is -0.495 e. The van der Waals surface area contributed by atoms with Crippen LogP contribution in [0.25, 0.3) is 11.1 Å². The van der Waals surface area contributed by atoms with Crippen molar-refractivity contribution in [2.75, 3.05) is 7.11 Å². The first-order chi connectivity index (χ1) is 17.5. The first-order valence-electron chi connectivity index (χ1n) is 12.4. The number of carbonyl (C=O) groups excluding carboxylic acids is 2. The molecule has 0 aliphatic heterocycles. The van der Waals surface area contributed by atoms with E-state index in [1.165, 1.54) is 23.9 Å². The highest BCUT2D eigenvalue weighted by molar-refractivity contribution is 6.31. The Kier molecular flexibility index (Phi) is 7.59. The number of rotatable bonds is 9. The van der Waals surface area contributed by atoms with Crippen molar-refractivity contribution in [2.24, 2.45) is 0 Å². The minimum absolute atomic E-state index is 0.0872. The Morgan fingerprint density at radius 1 is 1.16 bits per heavy atom. The van der Waals surface area contributed by atoms with E-state index in [0.29, 0.717) is 45.6 Å². The van der Waals surface area contributed by atoms with Gasteiger partial charge in [0.1, 0.15) is 17.4 Å². The molecule has 0 amide bonds. The molecule has 37 heavy (non-hydrogen) atoms. The van der Waals surface area contributed by atoms with E-state index in [1.807, 2.05) is 16.9 Å². The lowest BCUT2D eigenvalue weighted by atomic mass is 9.96. The number of ketones is 1. The maximum atomic E-state index is 13.5. The molecule has 0 saturated heterocycles. The molecule has 1 aliphatic rings. The van der Waals surface area contributed by atoms with Crippen molar-refractivity contribution in [1.82, 2.24) is 14.3 Å². The third-order valence-corrected chi connectivity index (χ3v) is 6.39. The molecule has 8 nitrogen and oxygen atoms in total. The summed E-state index contributed by atoms with van der Waals surface area (Å²) in [5, 5.41) is 5.04. The van der Waals surface area contributed by atoms with Crippen molar-refractivity contribution in [2.45, 2.75) is 71.1 Å². The van der Waals surface area contributed by atoms with E-state index in [1.54, 1.807) is 45.9 Å². The monoisotopic (exact) mass is 525 g/mol. The van der Waals surface area contributed by atoms with E-state index in [9.17, 15) is 14.4 Å².